The van der Waals surface area contributed by atoms with Gasteiger partial charge in [0.05, 0.1) is 13.1 Å². The van der Waals surface area contributed by atoms with Gasteiger partial charge in [-0.15, -0.1) is 0 Å². The number of piperazine rings is 1. The first-order valence-corrected chi connectivity index (χ1v) is 6.00. The first-order chi connectivity index (χ1) is 8.97. The summed E-state index contributed by atoms with van der Waals surface area (Å²) in [5.41, 5.74) is 6.56. The molecule has 1 aromatic carbocycles. The van der Waals surface area contributed by atoms with Gasteiger partial charge in [-0.05, 0) is 17.7 Å². The Morgan fingerprint density at radius 2 is 2.05 bits per heavy atom. The van der Waals surface area contributed by atoms with E-state index < -0.39 is 6.04 Å². The summed E-state index contributed by atoms with van der Waals surface area (Å²) in [5.74, 6) is -0.631. The Morgan fingerprint density at radius 3 is 2.74 bits per heavy atom. The zero-order chi connectivity index (χ0) is 14.0. The van der Waals surface area contributed by atoms with E-state index in [1.54, 1.807) is 19.2 Å². The third-order valence-electron chi connectivity index (χ3n) is 3.17. The van der Waals surface area contributed by atoms with Crippen LogP contribution in [0.3, 0.4) is 0 Å². The van der Waals surface area contributed by atoms with Crippen molar-refractivity contribution >= 4 is 11.8 Å². The summed E-state index contributed by atoms with van der Waals surface area (Å²) >= 11 is 0. The largest absolute Gasteiger partial charge is 0.335 e. The molecule has 0 aliphatic carbocycles. The van der Waals surface area contributed by atoms with Crippen molar-refractivity contribution in [2.24, 2.45) is 5.73 Å². The maximum atomic E-state index is 13.1. The molecule has 0 radical (unpaired) electrons. The van der Waals surface area contributed by atoms with E-state index in [0.717, 1.165) is 0 Å². The second-order valence-corrected chi connectivity index (χ2v) is 4.69. The summed E-state index contributed by atoms with van der Waals surface area (Å²) in [6.45, 7) is 0.301. The van der Waals surface area contributed by atoms with Gasteiger partial charge < -0.3 is 15.5 Å². The molecule has 1 fully saturated rings. The molecule has 19 heavy (non-hydrogen) atoms. The van der Waals surface area contributed by atoms with Crippen LogP contribution in [-0.4, -0.2) is 48.3 Å². The van der Waals surface area contributed by atoms with E-state index in [1.165, 1.54) is 21.9 Å². The highest BCUT2D eigenvalue weighted by atomic mass is 19.1. The maximum absolute atomic E-state index is 13.1. The van der Waals surface area contributed by atoms with E-state index in [9.17, 15) is 14.0 Å². The zero-order valence-electron chi connectivity index (χ0n) is 10.7. The normalized spacial score (nSPS) is 17.8. The summed E-state index contributed by atoms with van der Waals surface area (Å²) < 4.78 is 13.1. The number of nitrogens with two attached hydrogens (primary N) is 1. The lowest BCUT2D eigenvalue weighted by atomic mass is 10.1. The van der Waals surface area contributed by atoms with Crippen LogP contribution in [0.2, 0.25) is 0 Å². The minimum absolute atomic E-state index is 0.0261. The summed E-state index contributed by atoms with van der Waals surface area (Å²) in [4.78, 5) is 26.1. The highest BCUT2D eigenvalue weighted by molar-refractivity contribution is 5.92. The van der Waals surface area contributed by atoms with E-state index in [2.05, 4.69) is 0 Å². The molecular formula is C13H16FN3O2. The Balaban J connectivity index is 2.04. The SMILES string of the molecule is CN1CC(=O)N(CC(N)c2cccc(F)c2)CC1=O. The molecule has 1 atom stereocenters. The fourth-order valence-corrected chi connectivity index (χ4v) is 2.01. The fraction of sp³-hybridized carbons (Fsp3) is 0.385. The van der Waals surface area contributed by atoms with Crippen molar-refractivity contribution in [1.82, 2.24) is 9.80 Å². The van der Waals surface area contributed by atoms with Crippen LogP contribution in [0.25, 0.3) is 0 Å². The Hall–Kier alpha value is -1.95. The third kappa shape index (κ3) is 3.08. The lowest BCUT2D eigenvalue weighted by molar-refractivity contribution is -0.148. The van der Waals surface area contributed by atoms with Crippen molar-refractivity contribution in [2.45, 2.75) is 6.04 Å². The van der Waals surface area contributed by atoms with Crippen LogP contribution < -0.4 is 5.73 Å². The van der Waals surface area contributed by atoms with Crippen LogP contribution in [0.4, 0.5) is 4.39 Å². The maximum Gasteiger partial charge on any atom is 0.242 e. The Labute approximate surface area is 110 Å². The second kappa shape index (κ2) is 5.36. The average Bonchev–Trinajstić information content (AvgIpc) is 2.36. The van der Waals surface area contributed by atoms with Gasteiger partial charge in [-0.3, -0.25) is 9.59 Å². The number of benzene rings is 1. The number of halogens is 1. The lowest BCUT2D eigenvalue weighted by Crippen LogP contribution is -2.53. The van der Waals surface area contributed by atoms with Crippen LogP contribution in [0.1, 0.15) is 11.6 Å². The van der Waals surface area contributed by atoms with E-state index in [1.807, 2.05) is 0 Å². The number of likely N-dealkylation sites (N-methyl/N-ethyl adjacent to an activating group) is 1. The van der Waals surface area contributed by atoms with Crippen molar-refractivity contribution in [3.63, 3.8) is 0 Å². The molecule has 0 spiro atoms. The van der Waals surface area contributed by atoms with Crippen molar-refractivity contribution in [3.8, 4) is 0 Å². The van der Waals surface area contributed by atoms with Crippen molar-refractivity contribution in [2.75, 3.05) is 26.7 Å². The molecule has 5 nitrogen and oxygen atoms in total. The topological polar surface area (TPSA) is 66.6 Å². The Morgan fingerprint density at radius 1 is 1.32 bits per heavy atom. The smallest absolute Gasteiger partial charge is 0.242 e. The molecule has 2 amide bonds. The van der Waals surface area contributed by atoms with Crippen LogP contribution in [0.15, 0.2) is 24.3 Å². The van der Waals surface area contributed by atoms with Gasteiger partial charge in [0, 0.05) is 19.6 Å². The first-order valence-electron chi connectivity index (χ1n) is 6.00. The van der Waals surface area contributed by atoms with Gasteiger partial charge in [-0.2, -0.15) is 0 Å². The van der Waals surface area contributed by atoms with Crippen molar-refractivity contribution < 1.29 is 14.0 Å². The molecule has 0 bridgehead atoms. The second-order valence-electron chi connectivity index (χ2n) is 4.69. The van der Waals surface area contributed by atoms with Crippen molar-refractivity contribution in [1.29, 1.82) is 0 Å². The number of nitrogens with zero attached hydrogens (tertiary/aromatic N) is 2. The van der Waals surface area contributed by atoms with Gasteiger partial charge in [0.15, 0.2) is 0 Å². The monoisotopic (exact) mass is 265 g/mol. The number of carbonyl (C=O) groups excluding carboxylic acids is 2. The summed E-state index contributed by atoms with van der Waals surface area (Å²) in [5, 5.41) is 0. The Bertz CT molecular complexity index is 506. The molecule has 1 aliphatic heterocycles. The first kappa shape index (κ1) is 13.5. The molecule has 1 aliphatic rings. The highest BCUT2D eigenvalue weighted by Crippen LogP contribution is 2.14. The molecule has 1 unspecified atom stereocenters. The molecule has 0 saturated carbocycles. The van der Waals surface area contributed by atoms with E-state index in [-0.39, 0.29) is 37.3 Å². The van der Waals surface area contributed by atoms with Gasteiger partial charge >= 0.3 is 0 Å². The van der Waals surface area contributed by atoms with Gasteiger partial charge in [0.2, 0.25) is 11.8 Å². The van der Waals surface area contributed by atoms with Crippen LogP contribution >= 0.6 is 0 Å². The summed E-state index contributed by atoms with van der Waals surface area (Å²) in [6.07, 6.45) is 0. The number of rotatable bonds is 3. The zero-order valence-corrected chi connectivity index (χ0v) is 10.7. The molecule has 2 N–H and O–H groups in total. The number of carbonyl (C=O) groups is 2. The molecule has 1 aromatic rings. The van der Waals surface area contributed by atoms with Gasteiger partial charge in [0.1, 0.15) is 5.82 Å². The Kier molecular flexibility index (Phi) is 3.80. The van der Waals surface area contributed by atoms with Gasteiger partial charge in [-0.1, -0.05) is 12.1 Å². The average molecular weight is 265 g/mol. The molecule has 102 valence electrons. The third-order valence-corrected chi connectivity index (χ3v) is 3.17. The number of hydrogen-bond donors (Lipinski definition) is 1. The molecular weight excluding hydrogens is 249 g/mol. The minimum Gasteiger partial charge on any atom is -0.335 e. The fourth-order valence-electron chi connectivity index (χ4n) is 2.01. The van der Waals surface area contributed by atoms with Crippen molar-refractivity contribution in [3.05, 3.63) is 35.6 Å². The predicted molar refractivity (Wildman–Crippen MR) is 67.5 cm³/mol. The highest BCUT2D eigenvalue weighted by Gasteiger charge is 2.28. The minimum atomic E-state index is -0.504. The molecule has 1 heterocycles. The van der Waals surface area contributed by atoms with E-state index in [0.29, 0.717) is 5.56 Å². The predicted octanol–water partition coefficient (Wildman–Crippen LogP) is 0.126. The summed E-state index contributed by atoms with van der Waals surface area (Å²) in [7, 11) is 1.59. The molecule has 1 saturated heterocycles. The van der Waals surface area contributed by atoms with Gasteiger partial charge in [0.25, 0.3) is 0 Å². The standard InChI is InChI=1S/C13H16FN3O2/c1-16-7-13(19)17(8-12(16)18)6-11(15)9-3-2-4-10(14)5-9/h2-5,11H,6-8,15H2,1H3. The molecule has 0 aromatic heterocycles. The summed E-state index contributed by atoms with van der Waals surface area (Å²) in [6, 6.07) is 5.45. The quantitative estimate of drug-likeness (QED) is 0.844. The van der Waals surface area contributed by atoms with Crippen LogP contribution in [0, 0.1) is 5.82 Å². The lowest BCUT2D eigenvalue weighted by Gasteiger charge is -2.33. The van der Waals surface area contributed by atoms with Gasteiger partial charge in [-0.25, -0.2) is 4.39 Å². The molecule has 2 rings (SSSR count). The van der Waals surface area contributed by atoms with Crippen LogP contribution in [0.5, 0.6) is 0 Å². The number of hydrogen-bond acceptors (Lipinski definition) is 3. The van der Waals surface area contributed by atoms with E-state index in [4.69, 9.17) is 5.73 Å². The van der Waals surface area contributed by atoms with E-state index >= 15 is 0 Å². The van der Waals surface area contributed by atoms with Crippen LogP contribution in [-0.2, 0) is 9.59 Å². The molecule has 6 heteroatoms. The number of amides is 2.